The van der Waals surface area contributed by atoms with E-state index in [1.54, 1.807) is 6.92 Å². The Labute approximate surface area is 145 Å². The highest BCUT2D eigenvalue weighted by molar-refractivity contribution is 5.95. The molecule has 0 aliphatic heterocycles. The summed E-state index contributed by atoms with van der Waals surface area (Å²) in [5.41, 5.74) is 2.10. The van der Waals surface area contributed by atoms with Crippen LogP contribution in [0.4, 0.5) is 11.4 Å². The third-order valence-electron chi connectivity index (χ3n) is 3.66. The molecule has 0 aliphatic rings. The van der Waals surface area contributed by atoms with Gasteiger partial charge in [-0.3, -0.25) is 14.9 Å². The minimum absolute atomic E-state index is 0.140. The van der Waals surface area contributed by atoms with Gasteiger partial charge in [-0.25, -0.2) is 0 Å². The van der Waals surface area contributed by atoms with Crippen LogP contribution in [0.5, 0.6) is 11.5 Å². The molecule has 1 atom stereocenters. The molecule has 0 aromatic heterocycles. The van der Waals surface area contributed by atoms with E-state index >= 15 is 0 Å². The van der Waals surface area contributed by atoms with Gasteiger partial charge in [0.1, 0.15) is 11.5 Å². The van der Waals surface area contributed by atoms with Gasteiger partial charge in [-0.1, -0.05) is 17.7 Å². The smallest absolute Gasteiger partial charge is 0.271 e. The van der Waals surface area contributed by atoms with Crippen LogP contribution in [0.25, 0.3) is 0 Å². The molecule has 132 valence electrons. The lowest BCUT2D eigenvalue weighted by Gasteiger charge is -2.17. The number of amides is 1. The largest absolute Gasteiger partial charge is 0.495 e. The fraction of sp³-hybridized carbons (Fsp3) is 0.278. The molecule has 0 saturated carbocycles. The van der Waals surface area contributed by atoms with E-state index in [9.17, 15) is 14.9 Å². The van der Waals surface area contributed by atoms with E-state index in [1.165, 1.54) is 25.3 Å². The second-order valence-electron chi connectivity index (χ2n) is 5.66. The minimum atomic E-state index is -0.787. The third-order valence-corrected chi connectivity index (χ3v) is 3.66. The van der Waals surface area contributed by atoms with Crippen molar-refractivity contribution in [3.8, 4) is 11.5 Å². The molecule has 2 aromatic rings. The molecule has 0 unspecified atom stereocenters. The first-order valence-corrected chi connectivity index (χ1v) is 7.69. The molecule has 25 heavy (non-hydrogen) atoms. The van der Waals surface area contributed by atoms with Gasteiger partial charge in [-0.2, -0.15) is 0 Å². The lowest BCUT2D eigenvalue weighted by atomic mass is 10.1. The predicted molar refractivity (Wildman–Crippen MR) is 94.3 cm³/mol. The summed E-state index contributed by atoms with van der Waals surface area (Å²) in [4.78, 5) is 22.8. The van der Waals surface area contributed by atoms with Crippen molar-refractivity contribution in [2.75, 3.05) is 12.4 Å². The zero-order chi connectivity index (χ0) is 18.6. The summed E-state index contributed by atoms with van der Waals surface area (Å²) in [7, 11) is 1.42. The lowest BCUT2D eigenvalue weighted by Crippen LogP contribution is -2.30. The zero-order valence-corrected chi connectivity index (χ0v) is 14.5. The number of hydrogen-bond donors (Lipinski definition) is 1. The highest BCUT2D eigenvalue weighted by Crippen LogP contribution is 2.29. The van der Waals surface area contributed by atoms with Gasteiger partial charge in [0.2, 0.25) is 0 Å². The number of benzene rings is 2. The number of aryl methyl sites for hydroxylation is 2. The number of methoxy groups -OCH3 is 1. The highest BCUT2D eigenvalue weighted by Gasteiger charge is 2.19. The first-order chi connectivity index (χ1) is 11.8. The number of rotatable bonds is 6. The van der Waals surface area contributed by atoms with Crippen LogP contribution < -0.4 is 14.8 Å². The summed E-state index contributed by atoms with van der Waals surface area (Å²) in [5, 5.41) is 13.5. The second kappa shape index (κ2) is 7.65. The number of nitrogens with one attached hydrogen (secondary N) is 1. The standard InChI is InChI=1S/C18H20N2O5/c1-11-5-7-16(12(2)9-11)25-13(3)18(21)19-15-10-14(20(22)23)6-8-17(15)24-4/h5-10,13H,1-4H3,(H,19,21)/t13-/m1/s1. The maximum Gasteiger partial charge on any atom is 0.271 e. The average Bonchev–Trinajstić information content (AvgIpc) is 2.57. The summed E-state index contributed by atoms with van der Waals surface area (Å²) in [6.07, 6.45) is -0.787. The van der Waals surface area contributed by atoms with E-state index in [0.29, 0.717) is 11.5 Å². The van der Waals surface area contributed by atoms with E-state index in [4.69, 9.17) is 9.47 Å². The molecule has 0 spiro atoms. The summed E-state index contributed by atoms with van der Waals surface area (Å²) in [6, 6.07) is 9.66. The van der Waals surface area contributed by atoms with E-state index < -0.39 is 16.9 Å². The molecule has 0 fully saturated rings. The molecule has 0 radical (unpaired) electrons. The zero-order valence-electron chi connectivity index (χ0n) is 14.5. The maximum absolute atomic E-state index is 12.4. The fourth-order valence-corrected chi connectivity index (χ4v) is 2.32. The first kappa shape index (κ1) is 18.3. The number of nitrogens with zero attached hydrogens (tertiary/aromatic N) is 1. The number of carbonyl (C=O) groups is 1. The molecule has 0 aliphatic carbocycles. The van der Waals surface area contributed by atoms with Gasteiger partial charge < -0.3 is 14.8 Å². The van der Waals surface area contributed by atoms with Crippen LogP contribution in [-0.4, -0.2) is 24.0 Å². The van der Waals surface area contributed by atoms with Gasteiger partial charge in [0.25, 0.3) is 11.6 Å². The number of nitro benzene ring substituents is 1. The molecule has 1 N–H and O–H groups in total. The van der Waals surface area contributed by atoms with Gasteiger partial charge in [0, 0.05) is 12.1 Å². The van der Waals surface area contributed by atoms with Crippen molar-refractivity contribution >= 4 is 17.3 Å². The first-order valence-electron chi connectivity index (χ1n) is 7.69. The minimum Gasteiger partial charge on any atom is -0.495 e. The number of ether oxygens (including phenoxy) is 2. The molecule has 0 bridgehead atoms. The van der Waals surface area contributed by atoms with Gasteiger partial charge in [0.05, 0.1) is 17.7 Å². The quantitative estimate of drug-likeness (QED) is 0.638. The fourth-order valence-electron chi connectivity index (χ4n) is 2.32. The average molecular weight is 344 g/mol. The van der Waals surface area contributed by atoms with Crippen molar-refractivity contribution in [3.63, 3.8) is 0 Å². The Bertz CT molecular complexity index is 804. The predicted octanol–water partition coefficient (Wildman–Crippen LogP) is 3.63. The van der Waals surface area contributed by atoms with Gasteiger partial charge >= 0.3 is 0 Å². The molecular weight excluding hydrogens is 324 g/mol. The Morgan fingerprint density at radius 2 is 1.84 bits per heavy atom. The van der Waals surface area contributed by atoms with Crippen LogP contribution in [0.1, 0.15) is 18.1 Å². The van der Waals surface area contributed by atoms with Crippen LogP contribution >= 0.6 is 0 Å². The lowest BCUT2D eigenvalue weighted by molar-refractivity contribution is -0.384. The van der Waals surface area contributed by atoms with E-state index in [0.717, 1.165) is 11.1 Å². The molecule has 7 nitrogen and oxygen atoms in total. The van der Waals surface area contributed by atoms with Crippen molar-refractivity contribution in [2.24, 2.45) is 0 Å². The number of carbonyl (C=O) groups excluding carboxylic acids is 1. The molecule has 2 rings (SSSR count). The Morgan fingerprint density at radius 3 is 2.44 bits per heavy atom. The summed E-state index contributed by atoms with van der Waals surface area (Å²) >= 11 is 0. The van der Waals surface area contributed by atoms with Gasteiger partial charge in [-0.15, -0.1) is 0 Å². The summed E-state index contributed by atoms with van der Waals surface area (Å²) in [6.45, 7) is 5.48. The van der Waals surface area contributed by atoms with Crippen molar-refractivity contribution in [2.45, 2.75) is 26.9 Å². The molecular formula is C18H20N2O5. The molecule has 7 heteroatoms. The molecule has 0 saturated heterocycles. The van der Waals surface area contributed by atoms with Crippen LogP contribution in [0.15, 0.2) is 36.4 Å². The van der Waals surface area contributed by atoms with Crippen molar-refractivity contribution in [3.05, 3.63) is 57.6 Å². The molecule has 2 aromatic carbocycles. The SMILES string of the molecule is COc1ccc([N+](=O)[O-])cc1NC(=O)[C@@H](C)Oc1ccc(C)cc1C. The van der Waals surface area contributed by atoms with Crippen molar-refractivity contribution in [1.82, 2.24) is 0 Å². The maximum atomic E-state index is 12.4. The van der Waals surface area contributed by atoms with Crippen LogP contribution in [0, 0.1) is 24.0 Å². The number of hydrogen-bond acceptors (Lipinski definition) is 5. The van der Waals surface area contributed by atoms with Gasteiger partial charge in [-0.05, 0) is 38.5 Å². The van der Waals surface area contributed by atoms with E-state index in [2.05, 4.69) is 5.32 Å². The Balaban J connectivity index is 2.15. The monoisotopic (exact) mass is 344 g/mol. The topological polar surface area (TPSA) is 90.7 Å². The van der Waals surface area contributed by atoms with Crippen LogP contribution in [0.3, 0.4) is 0 Å². The van der Waals surface area contributed by atoms with E-state index in [1.807, 2.05) is 32.0 Å². The van der Waals surface area contributed by atoms with Crippen LogP contribution in [0.2, 0.25) is 0 Å². The second-order valence-corrected chi connectivity index (χ2v) is 5.66. The third kappa shape index (κ3) is 4.47. The number of nitro groups is 1. The molecule has 0 heterocycles. The number of non-ortho nitro benzene ring substituents is 1. The normalized spacial score (nSPS) is 11.5. The Hall–Kier alpha value is -3.09. The summed E-state index contributed by atoms with van der Waals surface area (Å²) in [5.74, 6) is 0.510. The number of anilines is 1. The van der Waals surface area contributed by atoms with E-state index in [-0.39, 0.29) is 11.4 Å². The highest BCUT2D eigenvalue weighted by atomic mass is 16.6. The van der Waals surface area contributed by atoms with Gasteiger partial charge in [0.15, 0.2) is 6.10 Å². The Morgan fingerprint density at radius 1 is 1.16 bits per heavy atom. The molecule has 1 amide bonds. The van der Waals surface area contributed by atoms with Crippen molar-refractivity contribution < 1.29 is 19.2 Å². The van der Waals surface area contributed by atoms with Crippen LogP contribution in [-0.2, 0) is 4.79 Å². The van der Waals surface area contributed by atoms with Crippen molar-refractivity contribution in [1.29, 1.82) is 0 Å². The summed E-state index contributed by atoms with van der Waals surface area (Å²) < 4.78 is 10.8. The Kier molecular flexibility index (Phi) is 5.59.